The van der Waals surface area contributed by atoms with Gasteiger partial charge in [0.2, 0.25) is 0 Å². The lowest BCUT2D eigenvalue weighted by atomic mass is 10.1. The molecule has 0 aliphatic carbocycles. The molecule has 0 unspecified atom stereocenters. The van der Waals surface area contributed by atoms with Crippen molar-refractivity contribution in [1.82, 2.24) is 4.90 Å². The summed E-state index contributed by atoms with van der Waals surface area (Å²) in [5.41, 5.74) is 2.37. The van der Waals surface area contributed by atoms with Gasteiger partial charge in [0.15, 0.2) is 0 Å². The van der Waals surface area contributed by atoms with Crippen LogP contribution < -0.4 is 0 Å². The zero-order valence-electron chi connectivity index (χ0n) is 10.7. The molecule has 0 radical (unpaired) electrons. The highest BCUT2D eigenvalue weighted by molar-refractivity contribution is 5.95. The van der Waals surface area contributed by atoms with E-state index in [1.807, 2.05) is 20.8 Å². The smallest absolute Gasteiger partial charge is 0.254 e. The van der Waals surface area contributed by atoms with Crippen LogP contribution in [-0.2, 0) is 0 Å². The Balaban J connectivity index is 2.97. The molecule has 0 aliphatic heterocycles. The number of aryl methyl sites for hydroxylation is 1. The number of amides is 1. The van der Waals surface area contributed by atoms with Crippen molar-refractivity contribution >= 4 is 5.91 Å². The van der Waals surface area contributed by atoms with Gasteiger partial charge < -0.3 is 10.0 Å². The molecule has 92 valence electrons. The topological polar surface area (TPSA) is 40.5 Å². The highest BCUT2D eigenvalue weighted by Gasteiger charge is 2.16. The summed E-state index contributed by atoms with van der Waals surface area (Å²) in [6.07, 6.45) is 0. The third kappa shape index (κ3) is 3.34. The zero-order valence-corrected chi connectivity index (χ0v) is 10.7. The summed E-state index contributed by atoms with van der Waals surface area (Å²) < 4.78 is 0. The minimum absolute atomic E-state index is 0.0204. The van der Waals surface area contributed by atoms with E-state index >= 15 is 0 Å². The first-order valence-corrected chi connectivity index (χ1v) is 5.69. The predicted molar refractivity (Wildman–Crippen MR) is 69.2 cm³/mol. The van der Waals surface area contributed by atoms with Crippen LogP contribution in [0.2, 0.25) is 0 Å². The summed E-state index contributed by atoms with van der Waals surface area (Å²) in [6, 6.07) is 4.80. The molecule has 0 aliphatic rings. The van der Waals surface area contributed by atoms with Crippen molar-refractivity contribution in [1.29, 1.82) is 0 Å². The van der Waals surface area contributed by atoms with Crippen molar-refractivity contribution in [3.8, 4) is 5.75 Å². The van der Waals surface area contributed by atoms with Crippen molar-refractivity contribution < 1.29 is 9.90 Å². The van der Waals surface area contributed by atoms with Crippen LogP contribution in [-0.4, -0.2) is 29.0 Å². The van der Waals surface area contributed by atoms with Gasteiger partial charge in [-0.3, -0.25) is 4.79 Å². The Morgan fingerprint density at radius 1 is 1.47 bits per heavy atom. The van der Waals surface area contributed by atoms with Gasteiger partial charge in [0.05, 0.1) is 0 Å². The molecule has 17 heavy (non-hydrogen) atoms. The Kier molecular flexibility index (Phi) is 4.32. The maximum atomic E-state index is 12.2. The largest absolute Gasteiger partial charge is 0.508 e. The third-order valence-corrected chi connectivity index (χ3v) is 2.57. The van der Waals surface area contributed by atoms with E-state index in [0.717, 1.165) is 11.1 Å². The van der Waals surface area contributed by atoms with E-state index in [2.05, 4.69) is 6.58 Å². The maximum absolute atomic E-state index is 12.2. The average molecular weight is 233 g/mol. The molecular weight excluding hydrogens is 214 g/mol. The van der Waals surface area contributed by atoms with Crippen molar-refractivity contribution in [2.45, 2.75) is 20.8 Å². The van der Waals surface area contributed by atoms with Gasteiger partial charge in [0, 0.05) is 18.7 Å². The quantitative estimate of drug-likeness (QED) is 0.812. The number of carbonyl (C=O) groups excluding carboxylic acids is 1. The van der Waals surface area contributed by atoms with E-state index in [9.17, 15) is 9.90 Å². The molecule has 3 heteroatoms. The fourth-order valence-corrected chi connectivity index (χ4v) is 1.71. The molecule has 0 saturated carbocycles. The van der Waals surface area contributed by atoms with Crippen LogP contribution >= 0.6 is 0 Å². The molecule has 1 N–H and O–H groups in total. The Morgan fingerprint density at radius 2 is 2.12 bits per heavy atom. The van der Waals surface area contributed by atoms with E-state index in [-0.39, 0.29) is 11.7 Å². The fraction of sp³-hybridized carbons (Fsp3) is 0.357. The van der Waals surface area contributed by atoms with Crippen LogP contribution in [0.25, 0.3) is 0 Å². The summed E-state index contributed by atoms with van der Waals surface area (Å²) >= 11 is 0. The number of carbonyl (C=O) groups is 1. The normalized spacial score (nSPS) is 10.1. The number of nitrogens with zero attached hydrogens (tertiary/aromatic N) is 1. The minimum Gasteiger partial charge on any atom is -0.508 e. The number of aromatic hydroxyl groups is 1. The lowest BCUT2D eigenvalue weighted by molar-refractivity contribution is 0.0777. The maximum Gasteiger partial charge on any atom is 0.254 e. The van der Waals surface area contributed by atoms with Gasteiger partial charge in [-0.25, -0.2) is 0 Å². The van der Waals surface area contributed by atoms with Crippen molar-refractivity contribution in [3.05, 3.63) is 41.5 Å². The van der Waals surface area contributed by atoms with Crippen LogP contribution in [0.5, 0.6) is 5.75 Å². The third-order valence-electron chi connectivity index (χ3n) is 2.57. The first kappa shape index (κ1) is 13.3. The molecule has 0 saturated heterocycles. The average Bonchev–Trinajstić information content (AvgIpc) is 2.24. The van der Waals surface area contributed by atoms with Crippen molar-refractivity contribution in [2.75, 3.05) is 13.1 Å². The van der Waals surface area contributed by atoms with Crippen LogP contribution in [0.3, 0.4) is 0 Å². The SMILES string of the molecule is C=C(C)CN(CC)C(=O)c1ccc(O)cc1C. The molecule has 1 aromatic rings. The molecule has 1 amide bonds. The highest BCUT2D eigenvalue weighted by atomic mass is 16.3. The van der Waals surface area contributed by atoms with E-state index in [0.29, 0.717) is 18.7 Å². The number of hydrogen-bond donors (Lipinski definition) is 1. The lowest BCUT2D eigenvalue weighted by Gasteiger charge is -2.22. The van der Waals surface area contributed by atoms with Crippen LogP contribution in [0, 0.1) is 6.92 Å². The highest BCUT2D eigenvalue weighted by Crippen LogP contribution is 2.17. The molecule has 1 rings (SSSR count). The fourth-order valence-electron chi connectivity index (χ4n) is 1.71. The Morgan fingerprint density at radius 3 is 2.59 bits per heavy atom. The van der Waals surface area contributed by atoms with Gasteiger partial charge in [0.25, 0.3) is 5.91 Å². The molecule has 3 nitrogen and oxygen atoms in total. The van der Waals surface area contributed by atoms with E-state index in [1.165, 1.54) is 6.07 Å². The van der Waals surface area contributed by atoms with Gasteiger partial charge >= 0.3 is 0 Å². The second-order valence-electron chi connectivity index (χ2n) is 4.28. The second kappa shape index (κ2) is 5.53. The molecule has 0 atom stereocenters. The summed E-state index contributed by atoms with van der Waals surface area (Å²) in [5, 5.41) is 9.32. The second-order valence-corrected chi connectivity index (χ2v) is 4.28. The summed E-state index contributed by atoms with van der Waals surface area (Å²) in [5.74, 6) is 0.162. The molecule has 0 fully saturated rings. The predicted octanol–water partition coefficient (Wildman–Crippen LogP) is 2.74. The monoisotopic (exact) mass is 233 g/mol. The zero-order chi connectivity index (χ0) is 13.0. The standard InChI is InChI=1S/C14H19NO2/c1-5-15(9-10(2)3)14(17)13-7-6-12(16)8-11(13)4/h6-8,16H,2,5,9H2,1,3-4H3. The first-order valence-electron chi connectivity index (χ1n) is 5.69. The number of likely N-dealkylation sites (N-methyl/N-ethyl adjacent to an activating group) is 1. The Bertz CT molecular complexity index is 438. The van der Waals surface area contributed by atoms with Gasteiger partial charge in [-0.2, -0.15) is 0 Å². The summed E-state index contributed by atoms with van der Waals surface area (Å²) in [4.78, 5) is 14.0. The number of hydrogen-bond acceptors (Lipinski definition) is 2. The number of benzene rings is 1. The minimum atomic E-state index is -0.0204. The van der Waals surface area contributed by atoms with Crippen LogP contribution in [0.4, 0.5) is 0 Å². The lowest BCUT2D eigenvalue weighted by Crippen LogP contribution is -2.32. The van der Waals surface area contributed by atoms with Gasteiger partial charge in [-0.1, -0.05) is 12.2 Å². The van der Waals surface area contributed by atoms with E-state index in [4.69, 9.17) is 0 Å². The van der Waals surface area contributed by atoms with E-state index in [1.54, 1.807) is 17.0 Å². The van der Waals surface area contributed by atoms with E-state index < -0.39 is 0 Å². The van der Waals surface area contributed by atoms with Crippen molar-refractivity contribution in [2.24, 2.45) is 0 Å². The number of phenolic OH excluding ortho intramolecular Hbond substituents is 1. The Labute approximate surface area is 102 Å². The molecule has 0 spiro atoms. The Hall–Kier alpha value is -1.77. The van der Waals surface area contributed by atoms with Crippen molar-refractivity contribution in [3.63, 3.8) is 0 Å². The summed E-state index contributed by atoms with van der Waals surface area (Å²) in [7, 11) is 0. The number of phenols is 1. The molecule has 0 heterocycles. The van der Waals surface area contributed by atoms with Crippen LogP contribution in [0.1, 0.15) is 29.8 Å². The molecule has 0 aromatic heterocycles. The molecule has 1 aromatic carbocycles. The van der Waals surface area contributed by atoms with Gasteiger partial charge in [-0.15, -0.1) is 0 Å². The van der Waals surface area contributed by atoms with Crippen LogP contribution in [0.15, 0.2) is 30.4 Å². The summed E-state index contributed by atoms with van der Waals surface area (Å²) in [6.45, 7) is 10.7. The van der Waals surface area contributed by atoms with Gasteiger partial charge in [0.1, 0.15) is 5.75 Å². The number of rotatable bonds is 4. The first-order chi connectivity index (χ1) is 7.95. The molecule has 0 bridgehead atoms. The molecular formula is C14H19NO2. The van der Waals surface area contributed by atoms with Gasteiger partial charge in [-0.05, 0) is 44.5 Å².